The van der Waals surface area contributed by atoms with Gasteiger partial charge in [-0.1, -0.05) is 81.5 Å². The highest BCUT2D eigenvalue weighted by molar-refractivity contribution is 5.88. The maximum absolute atomic E-state index is 11.9. The number of unbranched alkanes of at least 4 members (excludes halogenated alkanes) is 2. The van der Waals surface area contributed by atoms with Crippen LogP contribution in [-0.2, 0) is 44.7 Å². The number of carbonyl (C=O) groups excluding carboxylic acids is 2. The molecule has 0 heterocycles. The molecule has 1 N–H and O–H groups in total. The number of hydrogen-bond acceptors (Lipinski definition) is 5. The predicted molar refractivity (Wildman–Crippen MR) is 144 cm³/mol. The van der Waals surface area contributed by atoms with Gasteiger partial charge in [-0.05, 0) is 61.3 Å². The zero-order chi connectivity index (χ0) is 26.3. The average Bonchev–Trinajstić information content (AvgIpc) is 2.89. The topological polar surface area (TPSA) is 72.8 Å². The summed E-state index contributed by atoms with van der Waals surface area (Å²) in [5, 5.41) is 9.06. The maximum Gasteiger partial charge on any atom is 0.335 e. The molecule has 5 heteroatoms. The Bertz CT molecular complexity index is 989. The summed E-state index contributed by atoms with van der Waals surface area (Å²) in [5.74, 6) is -1.36. The third kappa shape index (κ3) is 10.6. The number of hydrogen-bond donors (Lipinski definition) is 1. The number of aliphatic hydroxyl groups is 1. The van der Waals surface area contributed by atoms with Gasteiger partial charge < -0.3 is 14.6 Å². The van der Waals surface area contributed by atoms with Crippen LogP contribution < -0.4 is 0 Å². The van der Waals surface area contributed by atoms with Gasteiger partial charge in [-0.3, -0.25) is 0 Å². The van der Waals surface area contributed by atoms with E-state index in [2.05, 4.69) is 68.6 Å². The summed E-state index contributed by atoms with van der Waals surface area (Å²) < 4.78 is 10.6. The number of aliphatic hydroxyl groups excluding tert-OH is 1. The number of esters is 2. The van der Waals surface area contributed by atoms with E-state index in [-0.39, 0.29) is 24.7 Å². The first kappa shape index (κ1) is 29.1. The molecule has 0 aliphatic heterocycles. The van der Waals surface area contributed by atoms with Crippen LogP contribution in [0, 0.1) is 5.92 Å². The van der Waals surface area contributed by atoms with E-state index >= 15 is 0 Å². The van der Waals surface area contributed by atoms with Crippen LogP contribution in [0.25, 0.3) is 0 Å². The Balaban J connectivity index is 1.91. The summed E-state index contributed by atoms with van der Waals surface area (Å²) in [4.78, 5) is 23.7. The molecule has 36 heavy (non-hydrogen) atoms. The molecule has 2 aromatic rings. The first-order chi connectivity index (χ1) is 17.3. The number of aryl methyl sites for hydroxylation is 3. The van der Waals surface area contributed by atoms with Gasteiger partial charge in [0.25, 0.3) is 0 Å². The zero-order valence-electron chi connectivity index (χ0n) is 21.8. The monoisotopic (exact) mass is 492 g/mol. The Kier molecular flexibility index (Phi) is 12.7. The largest absolute Gasteiger partial charge is 0.462 e. The Morgan fingerprint density at radius 3 is 1.72 bits per heavy atom. The summed E-state index contributed by atoms with van der Waals surface area (Å²) in [6.07, 6.45) is 7.44. The molecular formula is C31H40O5. The summed E-state index contributed by atoms with van der Waals surface area (Å²) in [6, 6.07) is 17.3. The van der Waals surface area contributed by atoms with Crippen molar-refractivity contribution in [3.8, 4) is 0 Å². The molecule has 194 valence electrons. The van der Waals surface area contributed by atoms with E-state index in [1.54, 1.807) is 6.92 Å². The van der Waals surface area contributed by atoms with Gasteiger partial charge in [-0.25, -0.2) is 9.59 Å². The number of ether oxygens (including phenoxy) is 2. The normalized spacial score (nSPS) is 11.5. The second-order valence-corrected chi connectivity index (χ2v) is 9.40. The summed E-state index contributed by atoms with van der Waals surface area (Å²) >= 11 is 0. The van der Waals surface area contributed by atoms with Crippen LogP contribution in [0.5, 0.6) is 0 Å². The zero-order valence-corrected chi connectivity index (χ0v) is 21.8. The van der Waals surface area contributed by atoms with Crippen LogP contribution in [0.2, 0.25) is 0 Å². The smallest absolute Gasteiger partial charge is 0.335 e. The molecule has 0 aliphatic rings. The van der Waals surface area contributed by atoms with Crippen molar-refractivity contribution in [3.63, 3.8) is 0 Å². The third-order valence-electron chi connectivity index (χ3n) is 6.07. The Labute approximate surface area is 215 Å². The number of benzene rings is 2. The van der Waals surface area contributed by atoms with Gasteiger partial charge in [0.05, 0.1) is 25.4 Å². The highest BCUT2D eigenvalue weighted by Gasteiger charge is 2.17. The molecule has 2 rings (SSSR count). The molecule has 0 amide bonds. The minimum atomic E-state index is -0.655. The lowest BCUT2D eigenvalue weighted by Crippen LogP contribution is -2.24. The van der Waals surface area contributed by atoms with Gasteiger partial charge in [0, 0.05) is 11.5 Å². The predicted octanol–water partition coefficient (Wildman–Crippen LogP) is 5.57. The minimum absolute atomic E-state index is 0.0110. The Hall–Kier alpha value is -3.18. The second kappa shape index (κ2) is 15.7. The standard InChI is InChI=1S/C31H40O5/c1-5-6-7-8-25-9-11-26(12-10-25)13-14-27-15-17-28(18-16-27)19-29(21-35-30(33)23(2)3)22-36-31(34)24(4)20-32/h9-12,15-18,29,32H,2,4-8,13-14,19-22H2,1,3H3. The van der Waals surface area contributed by atoms with Crippen LogP contribution in [-0.4, -0.2) is 36.9 Å². The van der Waals surface area contributed by atoms with Crippen LogP contribution in [0.3, 0.4) is 0 Å². The van der Waals surface area contributed by atoms with Crippen molar-refractivity contribution in [1.82, 2.24) is 0 Å². The van der Waals surface area contributed by atoms with E-state index in [0.29, 0.717) is 12.0 Å². The van der Waals surface area contributed by atoms with Crippen molar-refractivity contribution in [3.05, 3.63) is 95.1 Å². The molecule has 0 aliphatic carbocycles. The summed E-state index contributed by atoms with van der Waals surface area (Å²) in [7, 11) is 0. The van der Waals surface area contributed by atoms with Crippen molar-refractivity contribution < 1.29 is 24.2 Å². The lowest BCUT2D eigenvalue weighted by Gasteiger charge is -2.18. The lowest BCUT2D eigenvalue weighted by atomic mass is 9.97. The molecule has 1 atom stereocenters. The van der Waals surface area contributed by atoms with Crippen molar-refractivity contribution in [1.29, 1.82) is 0 Å². The number of carbonyl (C=O) groups is 2. The van der Waals surface area contributed by atoms with Crippen molar-refractivity contribution in [2.75, 3.05) is 19.8 Å². The summed E-state index contributed by atoms with van der Waals surface area (Å²) in [5.41, 5.74) is 5.36. The Morgan fingerprint density at radius 1 is 0.778 bits per heavy atom. The SMILES string of the molecule is C=C(C)C(=O)OCC(COC(=O)C(=C)CO)Cc1ccc(CCc2ccc(CCCCC)cc2)cc1. The van der Waals surface area contributed by atoms with E-state index in [0.717, 1.165) is 24.8 Å². The fourth-order valence-corrected chi connectivity index (χ4v) is 3.76. The van der Waals surface area contributed by atoms with Crippen LogP contribution in [0.1, 0.15) is 55.4 Å². The van der Waals surface area contributed by atoms with Gasteiger partial charge in [0.15, 0.2) is 0 Å². The third-order valence-corrected chi connectivity index (χ3v) is 6.07. The van der Waals surface area contributed by atoms with E-state index in [9.17, 15) is 9.59 Å². The molecular weight excluding hydrogens is 452 g/mol. The van der Waals surface area contributed by atoms with Crippen molar-refractivity contribution in [2.45, 2.75) is 58.8 Å². The molecule has 0 radical (unpaired) electrons. The fourth-order valence-electron chi connectivity index (χ4n) is 3.76. The highest BCUT2D eigenvalue weighted by Crippen LogP contribution is 2.16. The fraction of sp³-hybridized carbons (Fsp3) is 0.419. The first-order valence-corrected chi connectivity index (χ1v) is 12.8. The highest BCUT2D eigenvalue weighted by atomic mass is 16.5. The molecule has 1 unspecified atom stereocenters. The molecule has 2 aromatic carbocycles. The molecule has 0 aromatic heterocycles. The van der Waals surface area contributed by atoms with Crippen LogP contribution in [0.4, 0.5) is 0 Å². The number of rotatable bonds is 16. The molecule has 0 fully saturated rings. The molecule has 0 bridgehead atoms. The molecule has 0 spiro atoms. The summed E-state index contributed by atoms with van der Waals surface area (Å²) in [6.45, 7) is 10.6. The van der Waals surface area contributed by atoms with Gasteiger partial charge >= 0.3 is 11.9 Å². The van der Waals surface area contributed by atoms with Crippen molar-refractivity contribution in [2.24, 2.45) is 5.92 Å². The Morgan fingerprint density at radius 2 is 1.25 bits per heavy atom. The van der Waals surface area contributed by atoms with Crippen molar-refractivity contribution >= 4 is 11.9 Å². The average molecular weight is 493 g/mol. The second-order valence-electron chi connectivity index (χ2n) is 9.40. The van der Waals surface area contributed by atoms with Gasteiger partial charge in [-0.15, -0.1) is 0 Å². The van der Waals surface area contributed by atoms with Gasteiger partial charge in [0.2, 0.25) is 0 Å². The lowest BCUT2D eigenvalue weighted by molar-refractivity contribution is -0.144. The van der Waals surface area contributed by atoms with Gasteiger partial charge in [-0.2, -0.15) is 0 Å². The van der Waals surface area contributed by atoms with Gasteiger partial charge in [0.1, 0.15) is 0 Å². The van der Waals surface area contributed by atoms with E-state index in [4.69, 9.17) is 14.6 Å². The van der Waals surface area contributed by atoms with Crippen LogP contribution >= 0.6 is 0 Å². The molecule has 0 saturated heterocycles. The maximum atomic E-state index is 11.9. The first-order valence-electron chi connectivity index (χ1n) is 12.8. The molecule has 0 saturated carbocycles. The minimum Gasteiger partial charge on any atom is -0.462 e. The van der Waals surface area contributed by atoms with E-state index in [1.807, 2.05) is 0 Å². The van der Waals surface area contributed by atoms with E-state index < -0.39 is 18.5 Å². The quantitative estimate of drug-likeness (QED) is 0.188. The molecule has 5 nitrogen and oxygen atoms in total. The van der Waals surface area contributed by atoms with Crippen LogP contribution in [0.15, 0.2) is 72.8 Å². The van der Waals surface area contributed by atoms with E-state index in [1.165, 1.54) is 36.0 Å².